The molecule has 6 rings (SSSR count). The number of aliphatic hydroxyl groups excluding tert-OH is 1. The molecule has 0 radical (unpaired) electrons. The lowest BCUT2D eigenvalue weighted by molar-refractivity contribution is -0.178. The van der Waals surface area contributed by atoms with Crippen molar-refractivity contribution in [2.45, 2.75) is 57.6 Å². The minimum atomic E-state index is -0.854. The van der Waals surface area contributed by atoms with Crippen molar-refractivity contribution >= 4 is 38.7 Å². The molecule has 2 aromatic carbocycles. The number of nitrogens with one attached hydrogen (secondary N) is 1. The molecule has 2 N–H and O–H groups in total. The van der Waals surface area contributed by atoms with E-state index in [-0.39, 0.29) is 11.9 Å². The third-order valence-electron chi connectivity index (χ3n) is 7.85. The van der Waals surface area contributed by atoms with Crippen LogP contribution in [0.2, 0.25) is 0 Å². The third-order valence-corrected chi connectivity index (χ3v) is 8.34. The van der Waals surface area contributed by atoms with Gasteiger partial charge in [-0.3, -0.25) is 9.59 Å². The van der Waals surface area contributed by atoms with Gasteiger partial charge >= 0.3 is 5.97 Å². The number of aromatic nitrogens is 1. The van der Waals surface area contributed by atoms with E-state index in [1.165, 1.54) is 0 Å². The van der Waals surface area contributed by atoms with Crippen LogP contribution in [0.1, 0.15) is 54.9 Å². The standard InChI is InChI=1S/C28H29BrN2O4/c1-3-35-26(34)28-13-11-27(12-14-28,16-22(28)32)31-25(33)23-17(2)24(18-7-5-4-6-8-18)30-21-10-9-19(29)15-20(21)23/h4-10,15,22,32H,3,11-14,16H2,1-2H3,(H,31,33). The predicted molar refractivity (Wildman–Crippen MR) is 138 cm³/mol. The van der Waals surface area contributed by atoms with E-state index in [4.69, 9.17) is 9.72 Å². The highest BCUT2D eigenvalue weighted by molar-refractivity contribution is 9.10. The number of carbonyl (C=O) groups excluding carboxylic acids is 2. The molecule has 35 heavy (non-hydrogen) atoms. The Morgan fingerprint density at radius 1 is 1.14 bits per heavy atom. The lowest BCUT2D eigenvalue weighted by atomic mass is 9.55. The first kappa shape index (κ1) is 23.9. The van der Waals surface area contributed by atoms with E-state index in [0.717, 1.165) is 32.2 Å². The number of fused-ring (bicyclic) bond motifs is 4. The van der Waals surface area contributed by atoms with Crippen molar-refractivity contribution in [3.05, 3.63) is 64.1 Å². The second kappa shape index (κ2) is 9.03. The van der Waals surface area contributed by atoms with Crippen molar-refractivity contribution in [3.8, 4) is 11.3 Å². The minimum absolute atomic E-state index is 0.178. The van der Waals surface area contributed by atoms with E-state index in [1.54, 1.807) is 6.92 Å². The Morgan fingerprint density at radius 2 is 1.86 bits per heavy atom. The summed E-state index contributed by atoms with van der Waals surface area (Å²) in [4.78, 5) is 31.5. The largest absolute Gasteiger partial charge is 0.465 e. The summed E-state index contributed by atoms with van der Waals surface area (Å²) in [6, 6.07) is 15.6. The monoisotopic (exact) mass is 536 g/mol. The second-order valence-corrected chi connectivity index (χ2v) is 10.7. The highest BCUT2D eigenvalue weighted by Crippen LogP contribution is 2.53. The number of halogens is 1. The Bertz CT molecular complexity index is 1300. The molecule has 1 aromatic heterocycles. The number of pyridine rings is 1. The van der Waals surface area contributed by atoms with Crippen LogP contribution in [0.3, 0.4) is 0 Å². The first-order chi connectivity index (χ1) is 16.8. The van der Waals surface area contributed by atoms with Crippen molar-refractivity contribution in [2.75, 3.05) is 6.61 Å². The molecule has 3 saturated carbocycles. The molecule has 1 atom stereocenters. The highest BCUT2D eigenvalue weighted by atomic mass is 79.9. The zero-order valence-corrected chi connectivity index (χ0v) is 21.5. The summed E-state index contributed by atoms with van der Waals surface area (Å²) in [5, 5.41) is 15.1. The lowest BCUT2D eigenvalue weighted by Crippen LogP contribution is -2.64. The molecule has 182 valence electrons. The zero-order valence-electron chi connectivity index (χ0n) is 19.9. The third kappa shape index (κ3) is 4.04. The number of amides is 1. The van der Waals surface area contributed by atoms with Gasteiger partial charge in [0, 0.05) is 21.0 Å². The zero-order chi connectivity index (χ0) is 24.8. The average Bonchev–Trinajstić information content (AvgIpc) is 2.84. The first-order valence-electron chi connectivity index (χ1n) is 12.1. The summed E-state index contributed by atoms with van der Waals surface area (Å²) < 4.78 is 6.16. The van der Waals surface area contributed by atoms with E-state index in [9.17, 15) is 14.7 Å². The summed E-state index contributed by atoms with van der Waals surface area (Å²) in [6.07, 6.45) is 1.77. The highest BCUT2D eigenvalue weighted by Gasteiger charge is 2.59. The van der Waals surface area contributed by atoms with Crippen molar-refractivity contribution in [2.24, 2.45) is 5.41 Å². The molecule has 1 heterocycles. The molecule has 2 bridgehead atoms. The van der Waals surface area contributed by atoms with Gasteiger partial charge < -0.3 is 15.2 Å². The van der Waals surface area contributed by atoms with Crippen LogP contribution < -0.4 is 5.32 Å². The van der Waals surface area contributed by atoms with Gasteiger partial charge in [-0.15, -0.1) is 0 Å². The summed E-state index contributed by atoms with van der Waals surface area (Å²) >= 11 is 3.54. The number of rotatable bonds is 5. The molecule has 0 aliphatic heterocycles. The summed E-state index contributed by atoms with van der Waals surface area (Å²) in [5.41, 5.74) is 2.46. The smallest absolute Gasteiger partial charge is 0.314 e. The van der Waals surface area contributed by atoms with Gasteiger partial charge in [-0.2, -0.15) is 0 Å². The van der Waals surface area contributed by atoms with Gasteiger partial charge in [-0.1, -0.05) is 46.3 Å². The summed E-state index contributed by atoms with van der Waals surface area (Å²) in [5.74, 6) is -0.497. The number of benzene rings is 2. The number of aliphatic hydroxyl groups is 1. The molecule has 1 unspecified atom stereocenters. The van der Waals surface area contributed by atoms with Crippen LogP contribution in [0.15, 0.2) is 53.0 Å². The van der Waals surface area contributed by atoms with Crippen LogP contribution in [0.5, 0.6) is 0 Å². The van der Waals surface area contributed by atoms with Crippen LogP contribution in [-0.4, -0.2) is 40.2 Å². The Kier molecular flexibility index (Phi) is 6.18. The predicted octanol–water partition coefficient (Wildman–Crippen LogP) is 5.33. The lowest BCUT2D eigenvalue weighted by Gasteiger charge is -2.54. The van der Waals surface area contributed by atoms with Crippen molar-refractivity contribution in [3.63, 3.8) is 0 Å². The average molecular weight is 537 g/mol. The fourth-order valence-corrected chi connectivity index (χ4v) is 6.23. The van der Waals surface area contributed by atoms with Gasteiger partial charge in [0.25, 0.3) is 5.91 Å². The molecule has 3 fully saturated rings. The first-order valence-corrected chi connectivity index (χ1v) is 12.9. The Hall–Kier alpha value is -2.77. The maximum Gasteiger partial charge on any atom is 0.314 e. The van der Waals surface area contributed by atoms with Crippen LogP contribution in [0.25, 0.3) is 22.2 Å². The van der Waals surface area contributed by atoms with Crippen molar-refractivity contribution < 1.29 is 19.4 Å². The van der Waals surface area contributed by atoms with Crippen LogP contribution >= 0.6 is 15.9 Å². The van der Waals surface area contributed by atoms with Gasteiger partial charge in [-0.05, 0) is 69.7 Å². The Labute approximate surface area is 213 Å². The number of hydrogen-bond acceptors (Lipinski definition) is 5. The van der Waals surface area contributed by atoms with Gasteiger partial charge in [0.15, 0.2) is 0 Å². The van der Waals surface area contributed by atoms with Gasteiger partial charge in [0.2, 0.25) is 0 Å². The molecule has 3 aromatic rings. The van der Waals surface area contributed by atoms with E-state index < -0.39 is 17.1 Å². The van der Waals surface area contributed by atoms with Crippen LogP contribution in [-0.2, 0) is 9.53 Å². The number of esters is 1. The van der Waals surface area contributed by atoms with Crippen molar-refractivity contribution in [1.82, 2.24) is 10.3 Å². The molecular weight excluding hydrogens is 508 g/mol. The molecule has 0 saturated heterocycles. The van der Waals surface area contributed by atoms with Gasteiger partial charge in [-0.25, -0.2) is 4.98 Å². The molecule has 1 amide bonds. The maximum atomic E-state index is 13.9. The molecule has 7 heteroatoms. The van der Waals surface area contributed by atoms with Gasteiger partial charge in [0.1, 0.15) is 0 Å². The normalized spacial score (nSPS) is 25.4. The molecule has 0 spiro atoms. The summed E-state index contributed by atoms with van der Waals surface area (Å²) in [6.45, 7) is 4.01. The van der Waals surface area contributed by atoms with E-state index >= 15 is 0 Å². The topological polar surface area (TPSA) is 88.5 Å². The molecular formula is C28H29BrN2O4. The van der Waals surface area contributed by atoms with E-state index in [2.05, 4.69) is 21.2 Å². The van der Waals surface area contributed by atoms with Crippen LogP contribution in [0, 0.1) is 12.3 Å². The minimum Gasteiger partial charge on any atom is -0.465 e. The second-order valence-electron chi connectivity index (χ2n) is 9.82. The fourth-order valence-electron chi connectivity index (χ4n) is 5.87. The Morgan fingerprint density at radius 3 is 2.51 bits per heavy atom. The molecule has 3 aliphatic rings. The fraction of sp³-hybridized carbons (Fsp3) is 0.393. The van der Waals surface area contributed by atoms with Crippen molar-refractivity contribution in [1.29, 1.82) is 0 Å². The van der Waals surface area contributed by atoms with Gasteiger partial charge in [0.05, 0.1) is 34.9 Å². The maximum absolute atomic E-state index is 13.9. The SMILES string of the molecule is CCOC(=O)C12CCC(NC(=O)c3c(C)c(-c4ccccc4)nc4ccc(Br)cc34)(CC1)CC2O. The van der Waals surface area contributed by atoms with E-state index in [0.29, 0.717) is 44.3 Å². The quantitative estimate of drug-likeness (QED) is 0.430. The van der Waals surface area contributed by atoms with Crippen LogP contribution in [0.4, 0.5) is 0 Å². The Balaban J connectivity index is 1.52. The number of nitrogens with zero attached hydrogens (tertiary/aromatic N) is 1. The molecule has 6 nitrogen and oxygen atoms in total. The van der Waals surface area contributed by atoms with E-state index in [1.807, 2.05) is 55.5 Å². The summed E-state index contributed by atoms with van der Waals surface area (Å²) in [7, 11) is 0. The number of ether oxygens (including phenoxy) is 1. The molecule has 3 aliphatic carbocycles. The number of carbonyl (C=O) groups is 2. The number of hydrogen-bond donors (Lipinski definition) is 2.